The van der Waals surface area contributed by atoms with Gasteiger partial charge < -0.3 is 24.7 Å². The Morgan fingerprint density at radius 3 is 1.64 bits per heavy atom. The number of thiol groups is 1. The van der Waals surface area contributed by atoms with Crippen molar-refractivity contribution in [3.63, 3.8) is 0 Å². The largest absolute Gasteiger partial charge is 0.480 e. The molecule has 5 N–H and O–H groups in total. The Bertz CT molecular complexity index is 481. The van der Waals surface area contributed by atoms with Gasteiger partial charge in [-0.15, -0.1) is 13.2 Å². The van der Waals surface area contributed by atoms with E-state index in [2.05, 4.69) is 25.8 Å². The van der Waals surface area contributed by atoms with Crippen LogP contribution in [0, 0.1) is 0 Å². The van der Waals surface area contributed by atoms with Gasteiger partial charge in [0, 0.05) is 0 Å². The van der Waals surface area contributed by atoms with Gasteiger partial charge in [0.25, 0.3) is 0 Å². The molecule has 0 saturated carbocycles. The van der Waals surface area contributed by atoms with Crippen LogP contribution >= 0.6 is 27.8 Å². The number of hydrogen-bond acceptors (Lipinski definition) is 5. The number of rotatable bonds is 10. The van der Waals surface area contributed by atoms with Gasteiger partial charge in [-0.1, -0.05) is 12.2 Å². The van der Waals surface area contributed by atoms with Crippen molar-refractivity contribution in [1.82, 2.24) is 4.90 Å². The minimum atomic E-state index is -4.96. The summed E-state index contributed by atoms with van der Waals surface area (Å²) >= 11 is 3.86. The fraction of sp³-hybridized carbons (Fsp3) is 0.500. The number of hydrogen-bond donors (Lipinski definition) is 6. The maximum atomic E-state index is 11.6. The molecular weight excluding hydrogens is 356 g/mol. The highest BCUT2D eigenvalue weighted by atomic mass is 32.1. The Balaban J connectivity index is 6.22. The normalized spacial score (nSPS) is 16.8. The molecule has 0 aromatic heterocycles. The van der Waals surface area contributed by atoms with Crippen LogP contribution in [0.4, 0.5) is 0 Å². The SMILES string of the molecule is C=CC(N(C(C=C)P(=O)(O)O)[C@@H](CCS)C(=O)O)P(=O)(O)O. The predicted octanol–water partition coefficient (Wildman–Crippen LogP) is 0.441. The standard InChI is InChI=1S/C10H19NO8P2S/c1-3-8(20(14,15)16)11(7(5-6-22)10(12)13)9(4-2)21(17,18)19/h3-4,7-9,22H,1-2,5-6H2,(H,12,13)(H2,14,15,16)(H2,17,18,19)/t7-,8?,9?/m0/s1. The molecule has 128 valence electrons. The zero-order valence-corrected chi connectivity index (χ0v) is 14.1. The molecule has 12 heteroatoms. The maximum absolute atomic E-state index is 11.6. The van der Waals surface area contributed by atoms with Crippen molar-refractivity contribution in [2.24, 2.45) is 0 Å². The Hall–Kier alpha value is -0.440. The second-order valence-electron chi connectivity index (χ2n) is 4.29. The lowest BCUT2D eigenvalue weighted by molar-refractivity contribution is -0.143. The fourth-order valence-electron chi connectivity index (χ4n) is 1.91. The van der Waals surface area contributed by atoms with Crippen LogP contribution < -0.4 is 0 Å². The monoisotopic (exact) mass is 375 g/mol. The summed E-state index contributed by atoms with van der Waals surface area (Å²) in [5.41, 5.74) is 0. The van der Waals surface area contributed by atoms with E-state index in [1.807, 2.05) is 0 Å². The molecule has 0 aliphatic carbocycles. The minimum Gasteiger partial charge on any atom is -0.480 e. The molecule has 0 spiro atoms. The van der Waals surface area contributed by atoms with E-state index in [1.54, 1.807) is 0 Å². The third kappa shape index (κ3) is 5.64. The predicted molar refractivity (Wildman–Crippen MR) is 83.8 cm³/mol. The van der Waals surface area contributed by atoms with Crippen LogP contribution in [-0.2, 0) is 13.9 Å². The van der Waals surface area contributed by atoms with Gasteiger partial charge in [0.05, 0.1) is 0 Å². The van der Waals surface area contributed by atoms with E-state index in [-0.39, 0.29) is 12.2 Å². The molecule has 0 aliphatic heterocycles. The molecule has 0 rings (SSSR count). The molecule has 2 unspecified atom stereocenters. The van der Waals surface area contributed by atoms with E-state index in [0.717, 1.165) is 12.2 Å². The summed E-state index contributed by atoms with van der Waals surface area (Å²) in [5, 5.41) is 9.24. The number of aliphatic carboxylic acids is 1. The van der Waals surface area contributed by atoms with Gasteiger partial charge in [-0.3, -0.25) is 18.8 Å². The summed E-state index contributed by atoms with van der Waals surface area (Å²) in [7, 11) is -9.91. The molecule has 0 aliphatic rings. The van der Waals surface area contributed by atoms with Crippen molar-refractivity contribution in [3.05, 3.63) is 25.3 Å². The van der Waals surface area contributed by atoms with Gasteiger partial charge in [-0.05, 0) is 12.2 Å². The first-order valence-corrected chi connectivity index (χ1v) is 9.88. The Morgan fingerprint density at radius 2 is 1.45 bits per heavy atom. The molecule has 22 heavy (non-hydrogen) atoms. The smallest absolute Gasteiger partial charge is 0.346 e. The quantitative estimate of drug-likeness (QED) is 0.181. The molecule has 0 saturated heterocycles. The summed E-state index contributed by atoms with van der Waals surface area (Å²) in [5.74, 6) is -5.29. The topological polar surface area (TPSA) is 156 Å². The Labute approximate surface area is 133 Å². The highest BCUT2D eigenvalue weighted by molar-refractivity contribution is 7.80. The van der Waals surface area contributed by atoms with Crippen molar-refractivity contribution in [1.29, 1.82) is 0 Å². The highest BCUT2D eigenvalue weighted by Gasteiger charge is 2.46. The van der Waals surface area contributed by atoms with Crippen molar-refractivity contribution in [3.8, 4) is 0 Å². The maximum Gasteiger partial charge on any atom is 0.346 e. The number of carbonyl (C=O) groups is 1. The van der Waals surface area contributed by atoms with Crippen molar-refractivity contribution in [2.45, 2.75) is 24.0 Å². The van der Waals surface area contributed by atoms with E-state index < -0.39 is 38.8 Å². The molecule has 0 aromatic carbocycles. The lowest BCUT2D eigenvalue weighted by Crippen LogP contribution is -2.51. The summed E-state index contributed by atoms with van der Waals surface area (Å²) in [4.78, 5) is 49.3. The van der Waals surface area contributed by atoms with Gasteiger partial charge in [0.1, 0.15) is 17.6 Å². The first-order valence-electron chi connectivity index (χ1n) is 5.88. The number of carboxylic acid groups (broad SMARTS) is 1. The second-order valence-corrected chi connectivity index (χ2v) is 8.15. The molecule has 3 atom stereocenters. The summed E-state index contributed by atoms with van der Waals surface area (Å²) in [6, 6.07) is -1.59. The van der Waals surface area contributed by atoms with Crippen LogP contribution in [0.25, 0.3) is 0 Å². The van der Waals surface area contributed by atoms with Gasteiger partial charge >= 0.3 is 21.2 Å². The molecule has 0 heterocycles. The summed E-state index contributed by atoms with van der Waals surface area (Å²) in [6.07, 6.45) is 1.30. The van der Waals surface area contributed by atoms with Crippen LogP contribution in [0.5, 0.6) is 0 Å². The molecule has 0 bridgehead atoms. The van der Waals surface area contributed by atoms with Gasteiger partial charge in [-0.2, -0.15) is 12.6 Å². The Morgan fingerprint density at radius 1 is 1.09 bits per heavy atom. The molecule has 9 nitrogen and oxygen atoms in total. The number of nitrogens with zero attached hydrogens (tertiary/aromatic N) is 1. The van der Waals surface area contributed by atoms with E-state index in [0.29, 0.717) is 4.90 Å². The average Bonchev–Trinajstić information content (AvgIpc) is 2.32. The molecule has 0 fully saturated rings. The number of carboxylic acids is 1. The first kappa shape index (κ1) is 21.6. The second kappa shape index (κ2) is 8.42. The zero-order chi connectivity index (χ0) is 17.7. The summed E-state index contributed by atoms with van der Waals surface area (Å²) < 4.78 is 23.1. The molecular formula is C10H19NO8P2S. The van der Waals surface area contributed by atoms with Crippen LogP contribution in [0.15, 0.2) is 25.3 Å². The van der Waals surface area contributed by atoms with Crippen LogP contribution in [-0.4, -0.2) is 58.9 Å². The minimum absolute atomic E-state index is 0.0174. The molecule has 0 radical (unpaired) electrons. The molecule has 0 aromatic rings. The van der Waals surface area contributed by atoms with Crippen LogP contribution in [0.1, 0.15) is 6.42 Å². The highest BCUT2D eigenvalue weighted by Crippen LogP contribution is 2.52. The zero-order valence-electron chi connectivity index (χ0n) is 11.5. The first-order chi connectivity index (χ1) is 9.91. The average molecular weight is 375 g/mol. The Kier molecular flexibility index (Phi) is 8.25. The summed E-state index contributed by atoms with van der Waals surface area (Å²) in [6.45, 7) is 6.43. The van der Waals surface area contributed by atoms with E-state index in [4.69, 9.17) is 0 Å². The van der Waals surface area contributed by atoms with Crippen molar-refractivity contribution in [2.75, 3.05) is 5.75 Å². The van der Waals surface area contributed by atoms with Gasteiger partial charge in [0.2, 0.25) is 0 Å². The van der Waals surface area contributed by atoms with E-state index in [9.17, 15) is 38.6 Å². The van der Waals surface area contributed by atoms with Gasteiger partial charge in [-0.25, -0.2) is 0 Å². The fourth-order valence-corrected chi connectivity index (χ4v) is 4.12. The van der Waals surface area contributed by atoms with Gasteiger partial charge in [0.15, 0.2) is 0 Å². The third-order valence-electron chi connectivity index (χ3n) is 2.77. The van der Waals surface area contributed by atoms with E-state index >= 15 is 0 Å². The molecule has 0 amide bonds. The lowest BCUT2D eigenvalue weighted by Gasteiger charge is -2.39. The van der Waals surface area contributed by atoms with Crippen molar-refractivity contribution >= 4 is 33.8 Å². The van der Waals surface area contributed by atoms with Crippen molar-refractivity contribution < 1.29 is 38.6 Å². The van der Waals surface area contributed by atoms with Crippen LogP contribution in [0.3, 0.4) is 0 Å². The lowest BCUT2D eigenvalue weighted by atomic mass is 10.2. The van der Waals surface area contributed by atoms with E-state index in [1.165, 1.54) is 0 Å². The van der Waals surface area contributed by atoms with Crippen LogP contribution in [0.2, 0.25) is 0 Å². The third-order valence-corrected chi connectivity index (χ3v) is 5.36.